The van der Waals surface area contributed by atoms with Gasteiger partial charge in [0.25, 0.3) is 0 Å². The Morgan fingerprint density at radius 1 is 1.38 bits per heavy atom. The average Bonchev–Trinajstić information content (AvgIpc) is 2.57. The predicted octanol–water partition coefficient (Wildman–Crippen LogP) is 1.81. The van der Waals surface area contributed by atoms with Gasteiger partial charge in [0.2, 0.25) is 5.91 Å². The molecule has 1 aromatic carbocycles. The molecule has 1 aliphatic rings. The van der Waals surface area contributed by atoms with Gasteiger partial charge in [-0.15, -0.1) is 0 Å². The first kappa shape index (κ1) is 18.7. The fraction of sp³-hybridized carbons (Fsp3) is 0.632. The number of hydrogen-bond acceptors (Lipinski definition) is 4. The maximum absolute atomic E-state index is 11.8. The van der Waals surface area contributed by atoms with E-state index in [0.29, 0.717) is 13.1 Å². The summed E-state index contributed by atoms with van der Waals surface area (Å²) in [7, 11) is 1.68. The van der Waals surface area contributed by atoms with E-state index in [1.807, 2.05) is 19.9 Å². The van der Waals surface area contributed by atoms with Crippen LogP contribution in [0, 0.1) is 26.7 Å². The lowest BCUT2D eigenvalue weighted by atomic mass is 9.97. The zero-order chi connectivity index (χ0) is 17.7. The molecule has 1 heterocycles. The third-order valence-electron chi connectivity index (χ3n) is 4.89. The molecule has 0 saturated carbocycles. The van der Waals surface area contributed by atoms with E-state index >= 15 is 0 Å². The molecule has 0 radical (unpaired) electrons. The molecule has 0 aliphatic carbocycles. The number of hydrogen-bond donors (Lipinski definition) is 2. The summed E-state index contributed by atoms with van der Waals surface area (Å²) in [6, 6.07) is 4.13. The van der Waals surface area contributed by atoms with Crippen molar-refractivity contribution in [1.29, 1.82) is 0 Å². The molecular weight excluding hydrogens is 304 g/mol. The van der Waals surface area contributed by atoms with Gasteiger partial charge in [0.1, 0.15) is 18.5 Å². The summed E-state index contributed by atoms with van der Waals surface area (Å²) in [5.41, 5.74) is 3.40. The molecule has 24 heavy (non-hydrogen) atoms. The molecule has 2 atom stereocenters. The number of β-amino-alcohol motifs (C(OH)–C–C–N with tert-alkyl or cyclic N) is 1. The molecule has 0 bridgehead atoms. The number of carbonyl (C=O) groups is 1. The van der Waals surface area contributed by atoms with Gasteiger partial charge in [0.05, 0.1) is 5.92 Å². The number of aliphatic hydroxyl groups is 1. The number of rotatable bonds is 6. The highest BCUT2D eigenvalue weighted by atomic mass is 16.5. The number of amides is 1. The fourth-order valence-corrected chi connectivity index (χ4v) is 3.32. The van der Waals surface area contributed by atoms with Crippen LogP contribution in [0.2, 0.25) is 0 Å². The van der Waals surface area contributed by atoms with Crippen molar-refractivity contribution in [1.82, 2.24) is 10.2 Å². The van der Waals surface area contributed by atoms with Crippen LogP contribution in [0.1, 0.15) is 29.5 Å². The zero-order valence-electron chi connectivity index (χ0n) is 15.3. The summed E-state index contributed by atoms with van der Waals surface area (Å²) in [6.07, 6.45) is 1.35. The Hall–Kier alpha value is -1.59. The number of piperidine rings is 1. The molecule has 2 unspecified atom stereocenters. The van der Waals surface area contributed by atoms with Gasteiger partial charge in [-0.2, -0.15) is 0 Å². The largest absolute Gasteiger partial charge is 0.490 e. The topological polar surface area (TPSA) is 61.8 Å². The van der Waals surface area contributed by atoms with Crippen molar-refractivity contribution in [3.8, 4) is 5.75 Å². The molecule has 1 amide bonds. The average molecular weight is 334 g/mol. The minimum absolute atomic E-state index is 0.0260. The summed E-state index contributed by atoms with van der Waals surface area (Å²) >= 11 is 0. The Kier molecular flexibility index (Phi) is 6.63. The van der Waals surface area contributed by atoms with Crippen molar-refractivity contribution < 1.29 is 14.6 Å². The maximum atomic E-state index is 11.8. The molecule has 5 nitrogen and oxygen atoms in total. The number of aryl methyl sites for hydroxylation is 2. The van der Waals surface area contributed by atoms with E-state index < -0.39 is 6.10 Å². The molecule has 1 aromatic rings. The molecule has 0 spiro atoms. The molecule has 134 valence electrons. The van der Waals surface area contributed by atoms with Crippen LogP contribution >= 0.6 is 0 Å². The highest BCUT2D eigenvalue weighted by Gasteiger charge is 2.26. The van der Waals surface area contributed by atoms with Gasteiger partial charge in [-0.25, -0.2) is 0 Å². The summed E-state index contributed by atoms with van der Waals surface area (Å²) in [5, 5.41) is 13.0. The molecular formula is C19H30N2O3. The van der Waals surface area contributed by atoms with E-state index in [1.54, 1.807) is 7.05 Å². The number of benzene rings is 1. The van der Waals surface area contributed by atoms with Gasteiger partial charge >= 0.3 is 0 Å². The molecule has 1 aliphatic heterocycles. The van der Waals surface area contributed by atoms with Gasteiger partial charge < -0.3 is 15.2 Å². The summed E-state index contributed by atoms with van der Waals surface area (Å²) in [4.78, 5) is 14.0. The number of aliphatic hydroxyl groups excluding tert-OH is 1. The SMILES string of the molecule is CNC(=O)C1CCCN(CC(O)COc2c(C)ccc(C)c2C)C1. The molecule has 1 saturated heterocycles. The second-order valence-electron chi connectivity index (χ2n) is 6.83. The quantitative estimate of drug-likeness (QED) is 0.833. The van der Waals surface area contributed by atoms with Crippen molar-refractivity contribution in [3.63, 3.8) is 0 Å². The van der Waals surface area contributed by atoms with E-state index in [4.69, 9.17) is 4.74 Å². The fourth-order valence-electron chi connectivity index (χ4n) is 3.32. The van der Waals surface area contributed by atoms with Crippen molar-refractivity contribution >= 4 is 5.91 Å². The second-order valence-corrected chi connectivity index (χ2v) is 6.83. The lowest BCUT2D eigenvalue weighted by Crippen LogP contribution is -2.45. The van der Waals surface area contributed by atoms with Gasteiger partial charge in [-0.1, -0.05) is 12.1 Å². The van der Waals surface area contributed by atoms with Crippen LogP contribution in [0.25, 0.3) is 0 Å². The molecule has 2 N–H and O–H groups in total. The normalized spacial score (nSPS) is 19.8. The third-order valence-corrected chi connectivity index (χ3v) is 4.89. The summed E-state index contributed by atoms with van der Waals surface area (Å²) in [6.45, 7) is 8.57. The molecule has 5 heteroatoms. The lowest BCUT2D eigenvalue weighted by molar-refractivity contribution is -0.126. The maximum Gasteiger partial charge on any atom is 0.224 e. The Bertz CT molecular complexity index is 574. The van der Waals surface area contributed by atoms with E-state index in [0.717, 1.165) is 36.3 Å². The van der Waals surface area contributed by atoms with E-state index in [1.165, 1.54) is 5.56 Å². The van der Waals surface area contributed by atoms with Gasteiger partial charge in [-0.3, -0.25) is 9.69 Å². The van der Waals surface area contributed by atoms with Crippen molar-refractivity contribution in [2.24, 2.45) is 5.92 Å². The van der Waals surface area contributed by atoms with Crippen LogP contribution in [-0.2, 0) is 4.79 Å². The van der Waals surface area contributed by atoms with Crippen LogP contribution in [0.5, 0.6) is 5.75 Å². The van der Waals surface area contributed by atoms with Crippen LogP contribution in [0.15, 0.2) is 12.1 Å². The Morgan fingerprint density at radius 2 is 2.08 bits per heavy atom. The first-order chi connectivity index (χ1) is 11.4. The Morgan fingerprint density at radius 3 is 2.79 bits per heavy atom. The van der Waals surface area contributed by atoms with Gasteiger partial charge in [0, 0.05) is 20.1 Å². The summed E-state index contributed by atoms with van der Waals surface area (Å²) < 4.78 is 5.89. The highest BCUT2D eigenvalue weighted by Crippen LogP contribution is 2.26. The number of nitrogens with zero attached hydrogens (tertiary/aromatic N) is 1. The smallest absolute Gasteiger partial charge is 0.224 e. The van der Waals surface area contributed by atoms with Crippen molar-refractivity contribution in [3.05, 3.63) is 28.8 Å². The van der Waals surface area contributed by atoms with Gasteiger partial charge in [-0.05, 0) is 56.8 Å². The number of nitrogens with one attached hydrogen (secondary N) is 1. The minimum atomic E-state index is -0.562. The third kappa shape index (κ3) is 4.71. The standard InChI is InChI=1S/C19H30N2O3/c1-13-7-8-14(2)18(15(13)3)24-12-17(22)11-21-9-5-6-16(10-21)19(23)20-4/h7-8,16-17,22H,5-6,9-12H2,1-4H3,(H,20,23). The minimum Gasteiger partial charge on any atom is -0.490 e. The molecule has 0 aromatic heterocycles. The zero-order valence-corrected chi connectivity index (χ0v) is 15.3. The van der Waals surface area contributed by atoms with Crippen molar-refractivity contribution in [2.45, 2.75) is 39.7 Å². The van der Waals surface area contributed by atoms with Gasteiger partial charge in [0.15, 0.2) is 0 Å². The Balaban J connectivity index is 1.86. The van der Waals surface area contributed by atoms with E-state index in [2.05, 4.69) is 23.2 Å². The lowest BCUT2D eigenvalue weighted by Gasteiger charge is -2.33. The molecule has 1 fully saturated rings. The van der Waals surface area contributed by atoms with Crippen LogP contribution in [-0.4, -0.2) is 55.3 Å². The van der Waals surface area contributed by atoms with Crippen molar-refractivity contribution in [2.75, 3.05) is 33.3 Å². The number of likely N-dealkylation sites (tertiary alicyclic amines) is 1. The summed E-state index contributed by atoms with van der Waals surface area (Å²) in [5.74, 6) is 0.991. The molecule has 2 rings (SSSR count). The Labute approximate surface area is 145 Å². The van der Waals surface area contributed by atoms with E-state index in [9.17, 15) is 9.90 Å². The van der Waals surface area contributed by atoms with Crippen LogP contribution in [0.4, 0.5) is 0 Å². The number of carbonyl (C=O) groups excluding carboxylic acids is 1. The second kappa shape index (κ2) is 8.49. The monoisotopic (exact) mass is 334 g/mol. The van der Waals surface area contributed by atoms with Crippen LogP contribution < -0.4 is 10.1 Å². The number of ether oxygens (including phenoxy) is 1. The van der Waals surface area contributed by atoms with E-state index in [-0.39, 0.29) is 18.4 Å². The van der Waals surface area contributed by atoms with Crippen LogP contribution in [0.3, 0.4) is 0 Å². The first-order valence-electron chi connectivity index (χ1n) is 8.74. The first-order valence-corrected chi connectivity index (χ1v) is 8.74. The predicted molar refractivity (Wildman–Crippen MR) is 95.4 cm³/mol. The highest BCUT2D eigenvalue weighted by molar-refractivity contribution is 5.78.